The lowest BCUT2D eigenvalue weighted by Gasteiger charge is -2.33. The van der Waals surface area contributed by atoms with E-state index in [2.05, 4.69) is 5.32 Å². The lowest BCUT2D eigenvalue weighted by atomic mass is 9.77. The Labute approximate surface area is 146 Å². The summed E-state index contributed by atoms with van der Waals surface area (Å²) >= 11 is 0. The van der Waals surface area contributed by atoms with E-state index >= 15 is 0 Å². The van der Waals surface area contributed by atoms with Crippen LogP contribution in [-0.4, -0.2) is 59.8 Å². The predicted octanol–water partition coefficient (Wildman–Crippen LogP) is 1.42. The number of carboxylic acids is 2. The van der Waals surface area contributed by atoms with Gasteiger partial charge in [0.2, 0.25) is 0 Å². The Kier molecular flexibility index (Phi) is 4.96. The van der Waals surface area contributed by atoms with Gasteiger partial charge in [0, 0.05) is 18.7 Å². The largest absolute Gasteiger partial charge is 0.496 e. The molecular weight excluding hydrogens is 324 g/mol. The molecule has 7 nitrogen and oxygen atoms in total. The normalized spacial score (nSPS) is 22.8. The van der Waals surface area contributed by atoms with Gasteiger partial charge in [-0.1, -0.05) is 0 Å². The molecule has 2 fully saturated rings. The number of ether oxygens (including phenoxy) is 1. The number of methoxy groups -OCH3 is 1. The first-order valence-corrected chi connectivity index (χ1v) is 8.52. The molecule has 2 aliphatic rings. The van der Waals surface area contributed by atoms with Crippen LogP contribution in [0.2, 0.25) is 0 Å². The van der Waals surface area contributed by atoms with Crippen LogP contribution in [-0.2, 0) is 11.3 Å². The molecule has 1 spiro atoms. The fourth-order valence-corrected chi connectivity index (χ4v) is 4.13. The first-order valence-electron chi connectivity index (χ1n) is 8.52. The highest BCUT2D eigenvalue weighted by molar-refractivity contribution is 5.88. The van der Waals surface area contributed by atoms with Crippen molar-refractivity contribution in [2.24, 2.45) is 5.41 Å². The molecule has 7 heteroatoms. The van der Waals surface area contributed by atoms with Gasteiger partial charge in [0.05, 0.1) is 12.7 Å². The number of carboxylic acid groups (broad SMARTS) is 2. The van der Waals surface area contributed by atoms with E-state index in [-0.39, 0.29) is 11.0 Å². The third-order valence-corrected chi connectivity index (χ3v) is 5.46. The van der Waals surface area contributed by atoms with Crippen molar-refractivity contribution in [3.8, 4) is 5.75 Å². The zero-order valence-electron chi connectivity index (χ0n) is 14.3. The summed E-state index contributed by atoms with van der Waals surface area (Å²) in [5.74, 6) is -1.24. The molecule has 25 heavy (non-hydrogen) atoms. The summed E-state index contributed by atoms with van der Waals surface area (Å²) < 4.78 is 5.35. The second-order valence-corrected chi connectivity index (χ2v) is 7.04. The number of aromatic carboxylic acids is 1. The summed E-state index contributed by atoms with van der Waals surface area (Å²) in [5.41, 5.74) is 0.921. The number of likely N-dealkylation sites (tertiary alicyclic amines) is 1. The number of piperidine rings is 1. The molecule has 0 bridgehead atoms. The van der Waals surface area contributed by atoms with Gasteiger partial charge in [0.1, 0.15) is 11.8 Å². The highest BCUT2D eigenvalue weighted by Crippen LogP contribution is 2.43. The van der Waals surface area contributed by atoms with Gasteiger partial charge in [0.25, 0.3) is 0 Å². The molecule has 2 saturated heterocycles. The smallest absolute Gasteiger partial charge is 0.335 e. The van der Waals surface area contributed by atoms with Crippen molar-refractivity contribution in [2.75, 3.05) is 26.7 Å². The molecule has 1 aromatic rings. The van der Waals surface area contributed by atoms with Crippen LogP contribution in [0, 0.1) is 5.41 Å². The van der Waals surface area contributed by atoms with Crippen molar-refractivity contribution < 1.29 is 24.5 Å². The Bertz CT molecular complexity index is 669. The highest BCUT2D eigenvalue weighted by atomic mass is 16.5. The maximum Gasteiger partial charge on any atom is 0.335 e. The maximum atomic E-state index is 11.8. The second-order valence-electron chi connectivity index (χ2n) is 7.04. The summed E-state index contributed by atoms with van der Waals surface area (Å²) in [6.07, 6.45) is 2.59. The van der Waals surface area contributed by atoms with Crippen LogP contribution in [0.1, 0.15) is 35.2 Å². The first kappa shape index (κ1) is 17.7. The average molecular weight is 348 g/mol. The van der Waals surface area contributed by atoms with E-state index in [0.29, 0.717) is 30.8 Å². The van der Waals surface area contributed by atoms with Crippen LogP contribution in [0.5, 0.6) is 5.75 Å². The van der Waals surface area contributed by atoms with Crippen LogP contribution in [0.15, 0.2) is 18.2 Å². The molecule has 2 aliphatic heterocycles. The topological polar surface area (TPSA) is 99.1 Å². The van der Waals surface area contributed by atoms with Gasteiger partial charge in [-0.15, -0.1) is 0 Å². The van der Waals surface area contributed by atoms with Crippen molar-refractivity contribution in [3.63, 3.8) is 0 Å². The zero-order valence-corrected chi connectivity index (χ0v) is 14.3. The molecule has 136 valence electrons. The lowest BCUT2D eigenvalue weighted by molar-refractivity contribution is -0.142. The van der Waals surface area contributed by atoms with E-state index in [4.69, 9.17) is 4.74 Å². The van der Waals surface area contributed by atoms with Crippen LogP contribution in [0.25, 0.3) is 0 Å². The molecule has 0 amide bonds. The van der Waals surface area contributed by atoms with Crippen molar-refractivity contribution in [1.82, 2.24) is 10.2 Å². The van der Waals surface area contributed by atoms with Crippen molar-refractivity contribution in [1.29, 1.82) is 0 Å². The molecule has 3 N–H and O–H groups in total. The van der Waals surface area contributed by atoms with Crippen LogP contribution >= 0.6 is 0 Å². The zero-order chi connectivity index (χ0) is 18.0. The maximum absolute atomic E-state index is 11.8. The van der Waals surface area contributed by atoms with Gasteiger partial charge >= 0.3 is 11.9 Å². The Balaban J connectivity index is 1.86. The molecule has 2 heterocycles. The Hall–Kier alpha value is -2.12. The van der Waals surface area contributed by atoms with Gasteiger partial charge in [-0.05, 0) is 56.0 Å². The molecule has 1 unspecified atom stereocenters. The number of hydrogen-bond donors (Lipinski definition) is 3. The third kappa shape index (κ3) is 3.62. The quantitative estimate of drug-likeness (QED) is 0.740. The number of aliphatic carboxylic acids is 1. The minimum atomic E-state index is -1.00. The molecule has 0 radical (unpaired) electrons. The third-order valence-electron chi connectivity index (χ3n) is 5.46. The Morgan fingerprint density at radius 1 is 1.32 bits per heavy atom. The molecule has 0 aliphatic carbocycles. The molecule has 1 aromatic carbocycles. The van der Waals surface area contributed by atoms with Crippen molar-refractivity contribution in [3.05, 3.63) is 29.3 Å². The molecule has 1 atom stereocenters. The van der Waals surface area contributed by atoms with Crippen LogP contribution in [0.3, 0.4) is 0 Å². The molecule has 3 rings (SSSR count). The number of hydrogen-bond acceptors (Lipinski definition) is 5. The fourth-order valence-electron chi connectivity index (χ4n) is 4.13. The summed E-state index contributed by atoms with van der Waals surface area (Å²) in [4.78, 5) is 25.0. The summed E-state index contributed by atoms with van der Waals surface area (Å²) in [7, 11) is 1.53. The van der Waals surface area contributed by atoms with Crippen LogP contribution < -0.4 is 10.1 Å². The summed E-state index contributed by atoms with van der Waals surface area (Å²) in [5, 5.41) is 22.2. The van der Waals surface area contributed by atoms with Gasteiger partial charge in [-0.3, -0.25) is 9.69 Å². The standard InChI is InChI=1S/C18H24N2O5/c1-25-15-3-2-12(16(21)22)8-13(15)10-20-11-18(4-6-19-7-5-18)9-14(20)17(23)24/h2-3,8,14,19H,4-7,9-11H2,1H3,(H,21,22)(H,23,24). The van der Waals surface area contributed by atoms with Gasteiger partial charge < -0.3 is 20.3 Å². The number of nitrogens with one attached hydrogen (secondary N) is 1. The Morgan fingerprint density at radius 3 is 2.64 bits per heavy atom. The minimum Gasteiger partial charge on any atom is -0.496 e. The van der Waals surface area contributed by atoms with Crippen LogP contribution in [0.4, 0.5) is 0 Å². The monoisotopic (exact) mass is 348 g/mol. The van der Waals surface area contributed by atoms with E-state index < -0.39 is 18.0 Å². The van der Waals surface area contributed by atoms with E-state index in [1.165, 1.54) is 13.2 Å². The number of carbonyl (C=O) groups is 2. The highest BCUT2D eigenvalue weighted by Gasteiger charge is 2.47. The average Bonchev–Trinajstić information content (AvgIpc) is 2.93. The van der Waals surface area contributed by atoms with E-state index in [0.717, 1.165) is 25.9 Å². The second kappa shape index (κ2) is 7.01. The van der Waals surface area contributed by atoms with E-state index in [1.807, 2.05) is 4.90 Å². The van der Waals surface area contributed by atoms with Gasteiger partial charge in [0.15, 0.2) is 0 Å². The number of rotatable bonds is 5. The van der Waals surface area contributed by atoms with Crippen molar-refractivity contribution >= 4 is 11.9 Å². The Morgan fingerprint density at radius 2 is 2.04 bits per heavy atom. The molecule has 0 saturated carbocycles. The number of nitrogens with zero attached hydrogens (tertiary/aromatic N) is 1. The first-order chi connectivity index (χ1) is 11.9. The summed E-state index contributed by atoms with van der Waals surface area (Å²) in [6, 6.07) is 4.16. The lowest BCUT2D eigenvalue weighted by Crippen LogP contribution is -2.38. The van der Waals surface area contributed by atoms with Gasteiger partial charge in [-0.25, -0.2) is 4.79 Å². The van der Waals surface area contributed by atoms with Gasteiger partial charge in [-0.2, -0.15) is 0 Å². The minimum absolute atomic E-state index is 0.0337. The summed E-state index contributed by atoms with van der Waals surface area (Å²) in [6.45, 7) is 2.92. The molecular formula is C18H24N2O5. The fraction of sp³-hybridized carbons (Fsp3) is 0.556. The van der Waals surface area contributed by atoms with E-state index in [9.17, 15) is 19.8 Å². The molecule has 0 aromatic heterocycles. The number of benzene rings is 1. The SMILES string of the molecule is COc1ccc(C(=O)O)cc1CN1CC2(CCNCC2)CC1C(=O)O. The predicted molar refractivity (Wildman–Crippen MR) is 90.9 cm³/mol. The van der Waals surface area contributed by atoms with Crippen molar-refractivity contribution in [2.45, 2.75) is 31.8 Å². The van der Waals surface area contributed by atoms with E-state index in [1.54, 1.807) is 12.1 Å².